The third-order valence-corrected chi connectivity index (χ3v) is 5.01. The SMILES string of the molecule is Cc1c(CSc2nc(N)c3ccsc3n2)cccc1[N+](=O)[O-]. The first-order valence-corrected chi connectivity index (χ1v) is 8.29. The Labute approximate surface area is 134 Å². The first-order valence-electron chi connectivity index (χ1n) is 6.42. The standard InChI is InChI=1S/C14H12N4O2S2/c1-8-9(3-2-4-11(8)18(19)20)7-22-14-16-12(15)10-5-6-21-13(10)17-14/h2-6H,7H2,1H3,(H2,15,16,17). The van der Waals surface area contributed by atoms with Gasteiger partial charge < -0.3 is 5.73 Å². The summed E-state index contributed by atoms with van der Waals surface area (Å²) in [5, 5.41) is 14.3. The molecular formula is C14H12N4O2S2. The Morgan fingerprint density at radius 1 is 1.36 bits per heavy atom. The molecule has 0 unspecified atom stereocenters. The molecule has 0 atom stereocenters. The molecule has 0 radical (unpaired) electrons. The van der Waals surface area contributed by atoms with E-state index in [9.17, 15) is 10.1 Å². The number of nitro benzene ring substituents is 1. The molecule has 2 aromatic heterocycles. The van der Waals surface area contributed by atoms with E-state index in [2.05, 4.69) is 9.97 Å². The number of aromatic nitrogens is 2. The van der Waals surface area contributed by atoms with E-state index < -0.39 is 0 Å². The van der Waals surface area contributed by atoms with Gasteiger partial charge in [0.1, 0.15) is 10.6 Å². The predicted octanol–water partition coefficient (Wildman–Crippen LogP) is 3.78. The largest absolute Gasteiger partial charge is 0.383 e. The second-order valence-electron chi connectivity index (χ2n) is 4.64. The highest BCUT2D eigenvalue weighted by Crippen LogP contribution is 2.30. The summed E-state index contributed by atoms with van der Waals surface area (Å²) in [4.78, 5) is 20.2. The van der Waals surface area contributed by atoms with Gasteiger partial charge in [-0.15, -0.1) is 11.3 Å². The van der Waals surface area contributed by atoms with Crippen LogP contribution in [-0.4, -0.2) is 14.9 Å². The van der Waals surface area contributed by atoms with Crippen LogP contribution < -0.4 is 5.73 Å². The fraction of sp³-hybridized carbons (Fsp3) is 0.143. The van der Waals surface area contributed by atoms with Crippen LogP contribution >= 0.6 is 23.1 Å². The highest BCUT2D eigenvalue weighted by Gasteiger charge is 2.14. The van der Waals surface area contributed by atoms with Gasteiger partial charge in [-0.25, -0.2) is 9.97 Å². The second-order valence-corrected chi connectivity index (χ2v) is 6.47. The molecule has 112 valence electrons. The van der Waals surface area contributed by atoms with Crippen LogP contribution in [0.25, 0.3) is 10.2 Å². The van der Waals surface area contributed by atoms with Crippen LogP contribution in [0, 0.1) is 17.0 Å². The quantitative estimate of drug-likeness (QED) is 0.338. The molecule has 1 aromatic carbocycles. The number of nitrogens with two attached hydrogens (primary N) is 1. The smallest absolute Gasteiger partial charge is 0.272 e. The maximum absolute atomic E-state index is 11.0. The normalized spacial score (nSPS) is 11.0. The van der Waals surface area contributed by atoms with Crippen LogP contribution in [0.3, 0.4) is 0 Å². The van der Waals surface area contributed by atoms with E-state index >= 15 is 0 Å². The van der Waals surface area contributed by atoms with Crippen molar-refractivity contribution in [3.8, 4) is 0 Å². The van der Waals surface area contributed by atoms with Gasteiger partial charge in [-0.3, -0.25) is 10.1 Å². The molecule has 22 heavy (non-hydrogen) atoms. The Bertz CT molecular complexity index is 863. The molecule has 0 saturated heterocycles. The molecular weight excluding hydrogens is 320 g/mol. The minimum atomic E-state index is -0.365. The maximum Gasteiger partial charge on any atom is 0.272 e. The van der Waals surface area contributed by atoms with Crippen molar-refractivity contribution >= 4 is 44.8 Å². The molecule has 3 aromatic rings. The zero-order valence-electron chi connectivity index (χ0n) is 11.6. The fourth-order valence-electron chi connectivity index (χ4n) is 2.09. The lowest BCUT2D eigenvalue weighted by Crippen LogP contribution is -1.97. The molecule has 0 fully saturated rings. The van der Waals surface area contributed by atoms with Crippen LogP contribution in [0.2, 0.25) is 0 Å². The molecule has 2 N–H and O–H groups in total. The number of hydrogen-bond donors (Lipinski definition) is 1. The Morgan fingerprint density at radius 3 is 2.95 bits per heavy atom. The van der Waals surface area contributed by atoms with Gasteiger partial charge in [0.25, 0.3) is 5.69 Å². The molecule has 0 bridgehead atoms. The van der Waals surface area contributed by atoms with Crippen LogP contribution in [0.1, 0.15) is 11.1 Å². The number of nitrogen functional groups attached to an aromatic ring is 1. The van der Waals surface area contributed by atoms with Crippen molar-refractivity contribution in [3.63, 3.8) is 0 Å². The number of hydrogen-bond acceptors (Lipinski definition) is 7. The highest BCUT2D eigenvalue weighted by molar-refractivity contribution is 7.98. The Morgan fingerprint density at radius 2 is 2.18 bits per heavy atom. The molecule has 0 aliphatic heterocycles. The van der Waals surface area contributed by atoms with E-state index in [1.54, 1.807) is 13.0 Å². The third kappa shape index (κ3) is 2.75. The molecule has 0 saturated carbocycles. The molecule has 3 rings (SSSR count). The Hall–Kier alpha value is -2.19. The molecule has 2 heterocycles. The summed E-state index contributed by atoms with van der Waals surface area (Å²) in [5.41, 5.74) is 7.62. The predicted molar refractivity (Wildman–Crippen MR) is 89.2 cm³/mol. The number of nitro groups is 1. The van der Waals surface area contributed by atoms with Crippen molar-refractivity contribution in [1.82, 2.24) is 9.97 Å². The highest BCUT2D eigenvalue weighted by atomic mass is 32.2. The minimum Gasteiger partial charge on any atom is -0.383 e. The van der Waals surface area contributed by atoms with Gasteiger partial charge in [0.2, 0.25) is 0 Å². The number of benzene rings is 1. The van der Waals surface area contributed by atoms with Gasteiger partial charge in [-0.05, 0) is 23.9 Å². The Kier molecular flexibility index (Phi) is 3.95. The number of thiophene rings is 1. The average Bonchev–Trinajstić information content (AvgIpc) is 2.95. The number of anilines is 1. The number of thioether (sulfide) groups is 1. The first-order chi connectivity index (χ1) is 10.6. The zero-order valence-corrected chi connectivity index (χ0v) is 13.3. The van der Waals surface area contributed by atoms with E-state index in [-0.39, 0.29) is 10.6 Å². The van der Waals surface area contributed by atoms with Crippen LogP contribution in [0.15, 0.2) is 34.8 Å². The van der Waals surface area contributed by atoms with Crippen molar-refractivity contribution in [2.24, 2.45) is 0 Å². The van der Waals surface area contributed by atoms with Crippen LogP contribution in [0.4, 0.5) is 11.5 Å². The van der Waals surface area contributed by atoms with Crippen molar-refractivity contribution in [2.45, 2.75) is 17.8 Å². The van der Waals surface area contributed by atoms with Gasteiger partial charge in [0, 0.05) is 17.4 Å². The van der Waals surface area contributed by atoms with Gasteiger partial charge in [0.05, 0.1) is 10.3 Å². The molecule has 0 amide bonds. The maximum atomic E-state index is 11.0. The third-order valence-electron chi connectivity index (χ3n) is 3.30. The minimum absolute atomic E-state index is 0.132. The van der Waals surface area contributed by atoms with Crippen molar-refractivity contribution < 1.29 is 4.92 Å². The summed E-state index contributed by atoms with van der Waals surface area (Å²) in [5.74, 6) is 1.02. The lowest BCUT2D eigenvalue weighted by Gasteiger charge is -2.06. The average molecular weight is 332 g/mol. The van der Waals surface area contributed by atoms with Gasteiger partial charge >= 0.3 is 0 Å². The Balaban J connectivity index is 1.85. The van der Waals surface area contributed by atoms with E-state index in [0.29, 0.717) is 22.3 Å². The van der Waals surface area contributed by atoms with E-state index in [1.807, 2.05) is 17.5 Å². The summed E-state index contributed by atoms with van der Waals surface area (Å²) in [7, 11) is 0. The molecule has 0 aliphatic rings. The summed E-state index contributed by atoms with van der Waals surface area (Å²) >= 11 is 2.94. The van der Waals surface area contributed by atoms with E-state index in [1.165, 1.54) is 29.2 Å². The van der Waals surface area contributed by atoms with Crippen molar-refractivity contribution in [2.75, 3.05) is 5.73 Å². The lowest BCUT2D eigenvalue weighted by atomic mass is 10.1. The molecule has 0 aliphatic carbocycles. The second kappa shape index (κ2) is 5.90. The molecule has 0 spiro atoms. The van der Waals surface area contributed by atoms with E-state index in [4.69, 9.17) is 5.73 Å². The van der Waals surface area contributed by atoms with Gasteiger partial charge in [0.15, 0.2) is 5.16 Å². The summed E-state index contributed by atoms with van der Waals surface area (Å²) in [6, 6.07) is 6.98. The fourth-order valence-corrected chi connectivity index (χ4v) is 3.83. The summed E-state index contributed by atoms with van der Waals surface area (Å²) < 4.78 is 0. The first kappa shape index (κ1) is 14.7. The number of nitrogens with zero attached hydrogens (tertiary/aromatic N) is 3. The monoisotopic (exact) mass is 332 g/mol. The summed E-state index contributed by atoms with van der Waals surface area (Å²) in [6.45, 7) is 1.76. The van der Waals surface area contributed by atoms with Gasteiger partial charge in [-0.2, -0.15) is 0 Å². The van der Waals surface area contributed by atoms with Crippen LogP contribution in [0.5, 0.6) is 0 Å². The van der Waals surface area contributed by atoms with Gasteiger partial charge in [-0.1, -0.05) is 23.9 Å². The lowest BCUT2D eigenvalue weighted by molar-refractivity contribution is -0.385. The molecule has 8 heteroatoms. The summed E-state index contributed by atoms with van der Waals surface area (Å²) in [6.07, 6.45) is 0. The van der Waals surface area contributed by atoms with Crippen molar-refractivity contribution in [1.29, 1.82) is 0 Å². The topological polar surface area (TPSA) is 94.9 Å². The van der Waals surface area contributed by atoms with E-state index in [0.717, 1.165) is 15.8 Å². The zero-order chi connectivity index (χ0) is 15.7. The van der Waals surface area contributed by atoms with Crippen LogP contribution in [-0.2, 0) is 5.75 Å². The number of fused-ring (bicyclic) bond motifs is 1. The number of rotatable bonds is 4. The molecule has 6 nitrogen and oxygen atoms in total. The van der Waals surface area contributed by atoms with Crippen molar-refractivity contribution in [3.05, 3.63) is 50.9 Å².